The number of rotatable bonds is 5. The maximum Gasteiger partial charge on any atom is 0.180 e. The zero-order valence-electron chi connectivity index (χ0n) is 9.47. The van der Waals surface area contributed by atoms with Crippen LogP contribution in [0.3, 0.4) is 0 Å². The van der Waals surface area contributed by atoms with Crippen LogP contribution in [0.4, 0.5) is 0 Å². The summed E-state index contributed by atoms with van der Waals surface area (Å²) in [5.41, 5.74) is 11.2. The van der Waals surface area contributed by atoms with Crippen molar-refractivity contribution in [2.45, 2.75) is 20.4 Å². The van der Waals surface area contributed by atoms with Crippen LogP contribution >= 0.6 is 23.7 Å². The van der Waals surface area contributed by atoms with Crippen LogP contribution in [0.15, 0.2) is 17.3 Å². The molecule has 1 rings (SSSR count). The smallest absolute Gasteiger partial charge is 0.180 e. The van der Waals surface area contributed by atoms with Gasteiger partial charge in [0.05, 0.1) is 4.88 Å². The van der Waals surface area contributed by atoms with E-state index >= 15 is 0 Å². The van der Waals surface area contributed by atoms with Crippen molar-refractivity contribution in [3.8, 4) is 0 Å². The van der Waals surface area contributed by atoms with E-state index in [1.54, 1.807) is 0 Å². The van der Waals surface area contributed by atoms with Gasteiger partial charge in [-0.05, 0) is 18.1 Å². The maximum atomic E-state index is 5.74. The first-order valence-electron chi connectivity index (χ1n) is 4.88. The van der Waals surface area contributed by atoms with Crippen molar-refractivity contribution < 1.29 is 4.84 Å². The largest absolute Gasteiger partial charge is 0.394 e. The van der Waals surface area contributed by atoms with Gasteiger partial charge in [-0.1, -0.05) is 19.0 Å². The van der Waals surface area contributed by atoms with E-state index in [-0.39, 0.29) is 12.4 Å². The van der Waals surface area contributed by atoms with Crippen LogP contribution in [0, 0.1) is 5.92 Å². The zero-order valence-corrected chi connectivity index (χ0v) is 11.1. The number of nitrogens with two attached hydrogens (primary N) is 2. The van der Waals surface area contributed by atoms with Gasteiger partial charge in [0.1, 0.15) is 6.61 Å². The molecule has 0 unspecified atom stereocenters. The molecule has 1 aromatic rings. The predicted molar refractivity (Wildman–Crippen MR) is 71.0 cm³/mol. The molecule has 0 bridgehead atoms. The van der Waals surface area contributed by atoms with E-state index in [1.165, 1.54) is 11.3 Å². The van der Waals surface area contributed by atoms with Crippen molar-refractivity contribution in [2.24, 2.45) is 22.5 Å². The van der Waals surface area contributed by atoms with Crippen molar-refractivity contribution in [2.75, 3.05) is 6.61 Å². The second kappa shape index (κ2) is 7.49. The van der Waals surface area contributed by atoms with Gasteiger partial charge < -0.3 is 16.3 Å². The Kier molecular flexibility index (Phi) is 7.12. The summed E-state index contributed by atoms with van der Waals surface area (Å²) in [5.74, 6) is 0.866. The van der Waals surface area contributed by atoms with E-state index in [4.69, 9.17) is 16.3 Å². The standard InChI is InChI=1S/C10H17N3OS.ClH/c1-7(2)6-14-13-10(12)9-4-3-8(5-11)15-9;/h3-4,7H,5-6,11H2,1-2H3,(H2,12,13);1H. The van der Waals surface area contributed by atoms with E-state index in [2.05, 4.69) is 19.0 Å². The topological polar surface area (TPSA) is 73.6 Å². The lowest BCUT2D eigenvalue weighted by Crippen LogP contribution is -2.13. The molecule has 0 saturated heterocycles. The molecule has 0 aliphatic heterocycles. The average molecular weight is 264 g/mol. The number of nitrogens with zero attached hydrogens (tertiary/aromatic N) is 1. The fourth-order valence-electron chi connectivity index (χ4n) is 0.926. The monoisotopic (exact) mass is 263 g/mol. The van der Waals surface area contributed by atoms with Crippen LogP contribution in [-0.4, -0.2) is 12.4 Å². The number of halogens is 1. The Labute approximate surface area is 106 Å². The number of thiophene rings is 1. The lowest BCUT2D eigenvalue weighted by Gasteiger charge is -2.02. The number of hydrogen-bond donors (Lipinski definition) is 2. The highest BCUT2D eigenvalue weighted by molar-refractivity contribution is 7.14. The minimum absolute atomic E-state index is 0. The minimum atomic E-state index is 0. The number of amidine groups is 1. The Morgan fingerprint density at radius 3 is 2.69 bits per heavy atom. The van der Waals surface area contributed by atoms with Gasteiger partial charge in [0.2, 0.25) is 0 Å². The van der Waals surface area contributed by atoms with E-state index < -0.39 is 0 Å². The lowest BCUT2D eigenvalue weighted by atomic mass is 10.2. The Hall–Kier alpha value is -0.780. The van der Waals surface area contributed by atoms with Gasteiger partial charge in [0.15, 0.2) is 5.84 Å². The molecule has 0 radical (unpaired) electrons. The number of hydrogen-bond acceptors (Lipinski definition) is 4. The van der Waals surface area contributed by atoms with Crippen molar-refractivity contribution in [1.29, 1.82) is 0 Å². The van der Waals surface area contributed by atoms with Gasteiger partial charge in [0, 0.05) is 11.4 Å². The molecule has 0 fully saturated rings. The minimum Gasteiger partial charge on any atom is -0.394 e. The van der Waals surface area contributed by atoms with Gasteiger partial charge >= 0.3 is 0 Å². The molecule has 4 nitrogen and oxygen atoms in total. The second-order valence-electron chi connectivity index (χ2n) is 3.64. The molecule has 0 atom stereocenters. The van der Waals surface area contributed by atoms with Crippen LogP contribution in [-0.2, 0) is 11.4 Å². The third-order valence-electron chi connectivity index (χ3n) is 1.69. The summed E-state index contributed by atoms with van der Waals surface area (Å²) in [6.45, 7) is 5.23. The summed E-state index contributed by atoms with van der Waals surface area (Å²) < 4.78 is 0. The second-order valence-corrected chi connectivity index (χ2v) is 4.80. The van der Waals surface area contributed by atoms with E-state index in [9.17, 15) is 0 Å². The third-order valence-corrected chi connectivity index (χ3v) is 2.82. The summed E-state index contributed by atoms with van der Waals surface area (Å²) in [6, 6.07) is 3.86. The molecule has 1 aromatic heterocycles. The Bertz CT molecular complexity index is 339. The molecule has 92 valence electrons. The summed E-state index contributed by atoms with van der Waals surface area (Å²) in [7, 11) is 0. The van der Waals surface area contributed by atoms with Gasteiger partial charge in [-0.3, -0.25) is 0 Å². The summed E-state index contributed by atoms with van der Waals surface area (Å²) >= 11 is 1.54. The normalized spacial score (nSPS) is 11.4. The lowest BCUT2D eigenvalue weighted by molar-refractivity contribution is 0.118. The summed E-state index contributed by atoms with van der Waals surface area (Å²) in [4.78, 5) is 7.08. The van der Waals surface area contributed by atoms with E-state index in [1.807, 2.05) is 12.1 Å². The SMILES string of the molecule is CC(C)CON=C(N)c1ccc(CN)s1.Cl. The fraction of sp³-hybridized carbons (Fsp3) is 0.500. The molecule has 0 amide bonds. The van der Waals surface area contributed by atoms with Crippen LogP contribution in [0.25, 0.3) is 0 Å². The van der Waals surface area contributed by atoms with E-state index in [0.717, 1.165) is 9.75 Å². The molecule has 0 aliphatic rings. The zero-order chi connectivity index (χ0) is 11.3. The predicted octanol–water partition coefficient (Wildman–Crippen LogP) is 1.92. The molecule has 0 aromatic carbocycles. The first-order valence-corrected chi connectivity index (χ1v) is 5.69. The fourth-order valence-corrected chi connectivity index (χ4v) is 1.71. The summed E-state index contributed by atoms with van der Waals surface area (Å²) in [5, 5.41) is 3.85. The van der Waals surface area contributed by atoms with Crippen molar-refractivity contribution in [3.05, 3.63) is 21.9 Å². The van der Waals surface area contributed by atoms with Crippen LogP contribution in [0.5, 0.6) is 0 Å². The van der Waals surface area contributed by atoms with Crippen molar-refractivity contribution >= 4 is 29.6 Å². The Balaban J connectivity index is 0.00000225. The van der Waals surface area contributed by atoms with Crippen LogP contribution in [0.2, 0.25) is 0 Å². The highest BCUT2D eigenvalue weighted by atomic mass is 35.5. The summed E-state index contributed by atoms with van der Waals surface area (Å²) in [6.07, 6.45) is 0. The third kappa shape index (κ3) is 4.83. The Morgan fingerprint density at radius 1 is 1.50 bits per heavy atom. The molecule has 1 heterocycles. The molecule has 4 N–H and O–H groups in total. The van der Waals surface area contributed by atoms with Crippen LogP contribution < -0.4 is 11.5 Å². The van der Waals surface area contributed by atoms with Gasteiger partial charge in [0.25, 0.3) is 0 Å². The first-order chi connectivity index (χ1) is 7.13. The Morgan fingerprint density at radius 2 is 2.19 bits per heavy atom. The van der Waals surface area contributed by atoms with Crippen LogP contribution in [0.1, 0.15) is 23.6 Å². The highest BCUT2D eigenvalue weighted by Gasteiger charge is 2.03. The molecular weight excluding hydrogens is 246 g/mol. The van der Waals surface area contributed by atoms with Crippen molar-refractivity contribution in [1.82, 2.24) is 0 Å². The maximum absolute atomic E-state index is 5.74. The number of oxime groups is 1. The quantitative estimate of drug-likeness (QED) is 0.484. The molecular formula is C10H18ClN3OS. The molecule has 16 heavy (non-hydrogen) atoms. The highest BCUT2D eigenvalue weighted by Crippen LogP contribution is 2.15. The van der Waals surface area contributed by atoms with E-state index in [0.29, 0.717) is 24.9 Å². The molecule has 6 heteroatoms. The molecule has 0 aliphatic carbocycles. The molecule has 0 saturated carbocycles. The molecule has 0 spiro atoms. The first kappa shape index (κ1) is 15.2. The van der Waals surface area contributed by atoms with Gasteiger partial charge in [-0.15, -0.1) is 23.7 Å². The average Bonchev–Trinajstić information content (AvgIpc) is 2.65. The van der Waals surface area contributed by atoms with Gasteiger partial charge in [-0.25, -0.2) is 0 Å². The van der Waals surface area contributed by atoms with Gasteiger partial charge in [-0.2, -0.15) is 0 Å². The van der Waals surface area contributed by atoms with Crippen molar-refractivity contribution in [3.63, 3.8) is 0 Å².